The van der Waals surface area contributed by atoms with Crippen molar-refractivity contribution < 1.29 is 0 Å². The zero-order chi connectivity index (χ0) is 18.9. The van der Waals surface area contributed by atoms with Crippen LogP contribution in [0.2, 0.25) is 0 Å². The summed E-state index contributed by atoms with van der Waals surface area (Å²) in [6.07, 6.45) is 10.8. The average molecular weight is 363 g/mol. The van der Waals surface area contributed by atoms with Crippen LogP contribution in [0.5, 0.6) is 0 Å². The number of nitrogens with zero attached hydrogens (tertiary/aromatic N) is 4. The number of hydrogen-bond acceptors (Lipinski definition) is 3. The first-order chi connectivity index (χ1) is 13.3. The molecule has 0 N–H and O–H groups in total. The molecule has 1 heterocycles. The molecule has 3 aromatic rings. The van der Waals surface area contributed by atoms with E-state index in [1.165, 1.54) is 48.2 Å². The molecule has 0 atom stereocenters. The van der Waals surface area contributed by atoms with Crippen LogP contribution >= 0.6 is 0 Å². The fourth-order valence-corrected chi connectivity index (χ4v) is 3.22. The second kappa shape index (κ2) is 9.91. The smallest absolute Gasteiger partial charge is 0.120 e. The normalized spacial score (nSPS) is 10.9. The monoisotopic (exact) mass is 362 g/mol. The summed E-state index contributed by atoms with van der Waals surface area (Å²) in [7, 11) is 0. The molecular formula is C23H30N4. The fourth-order valence-electron chi connectivity index (χ4n) is 3.22. The predicted molar refractivity (Wildman–Crippen MR) is 112 cm³/mol. The van der Waals surface area contributed by atoms with E-state index < -0.39 is 0 Å². The van der Waals surface area contributed by atoms with Crippen molar-refractivity contribution in [3.63, 3.8) is 0 Å². The van der Waals surface area contributed by atoms with Gasteiger partial charge in [-0.05, 0) is 61.1 Å². The van der Waals surface area contributed by atoms with E-state index in [0.717, 1.165) is 12.8 Å². The summed E-state index contributed by atoms with van der Waals surface area (Å²) in [5.41, 5.74) is 5.18. The maximum atomic E-state index is 3.94. The zero-order valence-corrected chi connectivity index (χ0v) is 16.5. The van der Waals surface area contributed by atoms with E-state index in [0.29, 0.717) is 6.67 Å². The van der Waals surface area contributed by atoms with Gasteiger partial charge in [0.15, 0.2) is 0 Å². The molecule has 0 unspecified atom stereocenters. The van der Waals surface area contributed by atoms with E-state index in [4.69, 9.17) is 0 Å². The quantitative estimate of drug-likeness (QED) is 0.460. The van der Waals surface area contributed by atoms with Crippen LogP contribution in [0.25, 0.3) is 0 Å². The maximum absolute atomic E-state index is 3.94. The Morgan fingerprint density at radius 3 is 1.56 bits per heavy atom. The van der Waals surface area contributed by atoms with Crippen molar-refractivity contribution in [1.82, 2.24) is 14.8 Å². The highest BCUT2D eigenvalue weighted by molar-refractivity contribution is 5.63. The van der Waals surface area contributed by atoms with E-state index in [1.807, 2.05) is 4.57 Å². The van der Waals surface area contributed by atoms with E-state index in [2.05, 4.69) is 77.5 Å². The largest absolute Gasteiger partial charge is 0.323 e. The molecule has 0 fully saturated rings. The SMILES string of the molecule is CCCCc1ccc(N(Cn2cnnc2)c2ccc(CCCC)cc2)cc1. The molecule has 0 aliphatic rings. The maximum Gasteiger partial charge on any atom is 0.120 e. The minimum atomic E-state index is 0.690. The summed E-state index contributed by atoms with van der Waals surface area (Å²) in [5, 5.41) is 7.89. The van der Waals surface area contributed by atoms with E-state index >= 15 is 0 Å². The first kappa shape index (κ1) is 19.2. The summed E-state index contributed by atoms with van der Waals surface area (Å²) < 4.78 is 2.00. The standard InChI is InChI=1S/C23H30N4/c1-3-5-7-20-9-13-22(14-10-20)27(19-26-17-24-25-18-26)23-15-11-21(12-16-23)8-6-4-2/h9-18H,3-8,19H2,1-2H3. The number of hydrogen-bond donors (Lipinski definition) is 0. The van der Waals surface area contributed by atoms with Crippen molar-refractivity contribution in [2.75, 3.05) is 4.90 Å². The molecule has 1 aromatic heterocycles. The molecule has 0 bridgehead atoms. The third-order valence-electron chi connectivity index (χ3n) is 4.91. The number of benzene rings is 2. The Morgan fingerprint density at radius 2 is 1.15 bits per heavy atom. The lowest BCUT2D eigenvalue weighted by atomic mass is 10.1. The summed E-state index contributed by atoms with van der Waals surface area (Å²) in [5.74, 6) is 0. The van der Waals surface area contributed by atoms with Crippen molar-refractivity contribution in [3.05, 3.63) is 72.3 Å². The van der Waals surface area contributed by atoms with Crippen LogP contribution in [0.3, 0.4) is 0 Å². The molecule has 0 spiro atoms. The number of aryl methyl sites for hydroxylation is 2. The Labute approximate surface area is 162 Å². The summed E-state index contributed by atoms with van der Waals surface area (Å²) in [6, 6.07) is 17.9. The highest BCUT2D eigenvalue weighted by atomic mass is 15.3. The van der Waals surface area contributed by atoms with Gasteiger partial charge in [0.25, 0.3) is 0 Å². The van der Waals surface area contributed by atoms with Crippen molar-refractivity contribution >= 4 is 11.4 Å². The number of rotatable bonds is 10. The molecule has 142 valence electrons. The third-order valence-corrected chi connectivity index (χ3v) is 4.91. The van der Waals surface area contributed by atoms with Gasteiger partial charge in [0.1, 0.15) is 19.3 Å². The van der Waals surface area contributed by atoms with Gasteiger partial charge < -0.3 is 9.47 Å². The minimum absolute atomic E-state index is 0.690. The van der Waals surface area contributed by atoms with Crippen LogP contribution in [0.1, 0.15) is 50.7 Å². The Kier molecular flexibility index (Phi) is 7.03. The summed E-state index contributed by atoms with van der Waals surface area (Å²) >= 11 is 0. The minimum Gasteiger partial charge on any atom is -0.323 e. The lowest BCUT2D eigenvalue weighted by Crippen LogP contribution is -2.20. The second-order valence-electron chi connectivity index (χ2n) is 7.09. The van der Waals surface area contributed by atoms with Gasteiger partial charge in [-0.1, -0.05) is 51.0 Å². The lowest BCUT2D eigenvalue weighted by molar-refractivity contribution is 0.703. The topological polar surface area (TPSA) is 34.0 Å². The average Bonchev–Trinajstić information content (AvgIpc) is 3.23. The van der Waals surface area contributed by atoms with E-state index in [1.54, 1.807) is 12.7 Å². The first-order valence-corrected chi connectivity index (χ1v) is 10.1. The van der Waals surface area contributed by atoms with Crippen LogP contribution in [-0.2, 0) is 19.5 Å². The van der Waals surface area contributed by atoms with Gasteiger partial charge in [0, 0.05) is 11.4 Å². The summed E-state index contributed by atoms with van der Waals surface area (Å²) in [6.45, 7) is 5.16. The van der Waals surface area contributed by atoms with Crippen molar-refractivity contribution in [2.24, 2.45) is 0 Å². The van der Waals surface area contributed by atoms with Crippen LogP contribution in [0, 0.1) is 0 Å². The molecule has 0 saturated carbocycles. The third kappa shape index (κ3) is 5.43. The van der Waals surface area contributed by atoms with Crippen molar-refractivity contribution in [3.8, 4) is 0 Å². The number of anilines is 2. The molecule has 27 heavy (non-hydrogen) atoms. The molecule has 4 nitrogen and oxygen atoms in total. The number of unbranched alkanes of at least 4 members (excludes halogenated alkanes) is 2. The molecule has 0 aliphatic heterocycles. The van der Waals surface area contributed by atoms with Gasteiger partial charge in [-0.3, -0.25) is 0 Å². The second-order valence-corrected chi connectivity index (χ2v) is 7.09. The van der Waals surface area contributed by atoms with Crippen LogP contribution in [0.15, 0.2) is 61.2 Å². The van der Waals surface area contributed by atoms with E-state index in [9.17, 15) is 0 Å². The van der Waals surface area contributed by atoms with Crippen molar-refractivity contribution in [1.29, 1.82) is 0 Å². The Balaban J connectivity index is 1.82. The van der Waals surface area contributed by atoms with Crippen LogP contribution in [-0.4, -0.2) is 14.8 Å². The lowest BCUT2D eigenvalue weighted by Gasteiger charge is -2.25. The molecule has 0 saturated heterocycles. The van der Waals surface area contributed by atoms with Gasteiger partial charge in [-0.15, -0.1) is 10.2 Å². The van der Waals surface area contributed by atoms with Crippen LogP contribution < -0.4 is 4.90 Å². The van der Waals surface area contributed by atoms with Gasteiger partial charge in [0.2, 0.25) is 0 Å². The van der Waals surface area contributed by atoms with E-state index in [-0.39, 0.29) is 0 Å². The predicted octanol–water partition coefficient (Wildman–Crippen LogP) is 5.76. The Morgan fingerprint density at radius 1 is 0.704 bits per heavy atom. The van der Waals surface area contributed by atoms with Crippen molar-refractivity contribution in [2.45, 2.75) is 59.0 Å². The van der Waals surface area contributed by atoms with Gasteiger partial charge in [-0.25, -0.2) is 0 Å². The molecule has 3 rings (SSSR count). The van der Waals surface area contributed by atoms with Gasteiger partial charge in [-0.2, -0.15) is 0 Å². The summed E-state index contributed by atoms with van der Waals surface area (Å²) in [4.78, 5) is 2.30. The number of aromatic nitrogens is 3. The molecule has 0 amide bonds. The molecule has 0 radical (unpaired) electrons. The Hall–Kier alpha value is -2.62. The zero-order valence-electron chi connectivity index (χ0n) is 16.5. The molecule has 0 aliphatic carbocycles. The highest BCUT2D eigenvalue weighted by Crippen LogP contribution is 2.27. The fraction of sp³-hybridized carbons (Fsp3) is 0.391. The van der Waals surface area contributed by atoms with Crippen LogP contribution in [0.4, 0.5) is 11.4 Å². The molecule has 2 aromatic carbocycles. The Bertz CT molecular complexity index is 725. The molecule has 4 heteroatoms. The molecular weight excluding hydrogens is 332 g/mol. The van der Waals surface area contributed by atoms with Gasteiger partial charge in [0.05, 0.1) is 0 Å². The first-order valence-electron chi connectivity index (χ1n) is 10.1. The highest BCUT2D eigenvalue weighted by Gasteiger charge is 2.10. The van der Waals surface area contributed by atoms with Gasteiger partial charge >= 0.3 is 0 Å².